The summed E-state index contributed by atoms with van der Waals surface area (Å²) in [4.78, 5) is 22.9. The first-order valence-electron chi connectivity index (χ1n) is 8.02. The van der Waals surface area contributed by atoms with E-state index in [1.165, 1.54) is 18.5 Å². The number of carbonyl (C=O) groups is 1. The van der Waals surface area contributed by atoms with Gasteiger partial charge in [0.2, 0.25) is 0 Å². The van der Waals surface area contributed by atoms with E-state index in [2.05, 4.69) is 16.9 Å². The molecule has 1 amide bonds. The number of halogens is 1. The molecular weight excluding hydrogens is 293 g/mol. The molecule has 0 N–H and O–H groups in total. The fourth-order valence-electron chi connectivity index (χ4n) is 3.09. The van der Waals surface area contributed by atoms with Crippen molar-refractivity contribution in [3.8, 4) is 0 Å². The van der Waals surface area contributed by atoms with Gasteiger partial charge in [-0.05, 0) is 30.5 Å². The van der Waals surface area contributed by atoms with Crippen LogP contribution in [0.15, 0.2) is 36.8 Å². The monoisotopic (exact) mass is 313 g/mol. The van der Waals surface area contributed by atoms with E-state index in [1.54, 1.807) is 6.20 Å². The minimum Gasteiger partial charge on any atom is -0.338 e. The van der Waals surface area contributed by atoms with Gasteiger partial charge in [0.15, 0.2) is 0 Å². The molecule has 4 nitrogen and oxygen atoms in total. The molecule has 1 fully saturated rings. The highest BCUT2D eigenvalue weighted by atomic mass is 19.1. The molecule has 0 bridgehead atoms. The average molecular weight is 313 g/mol. The summed E-state index contributed by atoms with van der Waals surface area (Å²) in [6.45, 7) is 3.43. The van der Waals surface area contributed by atoms with E-state index in [-0.39, 0.29) is 17.6 Å². The SMILES string of the molecule is CCCc1ncncc1C(=O)N1CCC(c2ccc(F)cc2)C1. The van der Waals surface area contributed by atoms with Gasteiger partial charge in [-0.3, -0.25) is 4.79 Å². The lowest BCUT2D eigenvalue weighted by atomic mass is 9.98. The van der Waals surface area contributed by atoms with Gasteiger partial charge in [0.05, 0.1) is 11.3 Å². The standard InChI is InChI=1S/C18H20FN3O/c1-2-3-17-16(10-20-12-21-17)18(23)22-9-8-14(11-22)13-4-6-15(19)7-5-13/h4-7,10,12,14H,2-3,8-9,11H2,1H3. The van der Waals surface area contributed by atoms with Gasteiger partial charge in [0.1, 0.15) is 12.1 Å². The molecule has 1 aromatic carbocycles. The number of amides is 1. The Labute approximate surface area is 135 Å². The minimum atomic E-state index is -0.231. The van der Waals surface area contributed by atoms with E-state index in [9.17, 15) is 9.18 Å². The molecule has 5 heteroatoms. The van der Waals surface area contributed by atoms with Crippen LogP contribution in [0.2, 0.25) is 0 Å². The van der Waals surface area contributed by atoms with E-state index in [0.717, 1.165) is 30.5 Å². The zero-order chi connectivity index (χ0) is 16.2. The zero-order valence-electron chi connectivity index (χ0n) is 13.2. The Bertz CT molecular complexity index is 687. The van der Waals surface area contributed by atoms with Crippen molar-refractivity contribution in [3.05, 3.63) is 59.4 Å². The lowest BCUT2D eigenvalue weighted by molar-refractivity contribution is 0.0788. The number of aryl methyl sites for hydroxylation is 1. The van der Waals surface area contributed by atoms with E-state index in [1.807, 2.05) is 17.0 Å². The molecule has 2 heterocycles. The van der Waals surface area contributed by atoms with Gasteiger partial charge < -0.3 is 4.90 Å². The van der Waals surface area contributed by atoms with Crippen molar-refractivity contribution in [1.82, 2.24) is 14.9 Å². The summed E-state index contributed by atoms with van der Waals surface area (Å²) >= 11 is 0. The highest BCUT2D eigenvalue weighted by Gasteiger charge is 2.29. The Morgan fingerprint density at radius 1 is 1.35 bits per heavy atom. The van der Waals surface area contributed by atoms with E-state index >= 15 is 0 Å². The number of aromatic nitrogens is 2. The molecule has 0 radical (unpaired) electrons. The van der Waals surface area contributed by atoms with Crippen LogP contribution in [-0.4, -0.2) is 33.9 Å². The van der Waals surface area contributed by atoms with Crippen molar-refractivity contribution in [2.75, 3.05) is 13.1 Å². The summed E-state index contributed by atoms with van der Waals surface area (Å²) in [6, 6.07) is 6.57. The molecule has 1 atom stereocenters. The summed E-state index contributed by atoms with van der Waals surface area (Å²) in [5, 5.41) is 0. The summed E-state index contributed by atoms with van der Waals surface area (Å²) < 4.78 is 13.0. The molecule has 1 aliphatic heterocycles. The van der Waals surface area contributed by atoms with Crippen LogP contribution in [0.1, 0.15) is 47.3 Å². The van der Waals surface area contributed by atoms with Crippen molar-refractivity contribution in [1.29, 1.82) is 0 Å². The second kappa shape index (κ2) is 6.86. The number of carbonyl (C=O) groups excluding carboxylic acids is 1. The predicted octanol–water partition coefficient (Wildman–Crippen LogP) is 3.20. The smallest absolute Gasteiger partial charge is 0.257 e. The molecule has 1 aromatic heterocycles. The van der Waals surface area contributed by atoms with Gasteiger partial charge in [-0.15, -0.1) is 0 Å². The van der Waals surface area contributed by atoms with Gasteiger partial charge in [-0.1, -0.05) is 25.5 Å². The molecule has 0 spiro atoms. The van der Waals surface area contributed by atoms with Crippen molar-refractivity contribution in [2.24, 2.45) is 0 Å². The van der Waals surface area contributed by atoms with Crippen molar-refractivity contribution in [3.63, 3.8) is 0 Å². The number of likely N-dealkylation sites (tertiary alicyclic amines) is 1. The second-order valence-corrected chi connectivity index (χ2v) is 5.92. The average Bonchev–Trinajstić information content (AvgIpc) is 3.06. The summed E-state index contributed by atoms with van der Waals surface area (Å²) in [6.07, 6.45) is 5.72. The molecule has 1 unspecified atom stereocenters. The maximum Gasteiger partial charge on any atom is 0.257 e. The molecule has 1 aliphatic rings. The first-order chi connectivity index (χ1) is 11.2. The lowest BCUT2D eigenvalue weighted by Crippen LogP contribution is -2.29. The molecule has 2 aromatic rings. The minimum absolute atomic E-state index is 0.00124. The number of nitrogens with zero attached hydrogens (tertiary/aromatic N) is 3. The highest BCUT2D eigenvalue weighted by Crippen LogP contribution is 2.28. The van der Waals surface area contributed by atoms with E-state index in [4.69, 9.17) is 0 Å². The normalized spacial score (nSPS) is 17.5. The van der Waals surface area contributed by atoms with E-state index < -0.39 is 0 Å². The molecule has 1 saturated heterocycles. The fourth-order valence-corrected chi connectivity index (χ4v) is 3.09. The number of hydrogen-bond acceptors (Lipinski definition) is 3. The largest absolute Gasteiger partial charge is 0.338 e. The van der Waals surface area contributed by atoms with Crippen LogP contribution in [0.25, 0.3) is 0 Å². The van der Waals surface area contributed by atoms with Gasteiger partial charge >= 0.3 is 0 Å². The van der Waals surface area contributed by atoms with Crippen molar-refractivity contribution < 1.29 is 9.18 Å². The summed E-state index contributed by atoms with van der Waals surface area (Å²) in [5.41, 5.74) is 2.51. The second-order valence-electron chi connectivity index (χ2n) is 5.92. The summed E-state index contributed by atoms with van der Waals surface area (Å²) in [5.74, 6) is 0.0304. The third-order valence-electron chi connectivity index (χ3n) is 4.33. The zero-order valence-corrected chi connectivity index (χ0v) is 13.2. The molecule has 0 saturated carbocycles. The third-order valence-corrected chi connectivity index (χ3v) is 4.33. The molecule has 0 aliphatic carbocycles. The maximum absolute atomic E-state index is 13.0. The molecular formula is C18H20FN3O. The van der Waals surface area contributed by atoms with Crippen LogP contribution < -0.4 is 0 Å². The number of rotatable bonds is 4. The third kappa shape index (κ3) is 3.38. The maximum atomic E-state index is 13.0. The molecule has 23 heavy (non-hydrogen) atoms. The summed E-state index contributed by atoms with van der Waals surface area (Å²) in [7, 11) is 0. The Morgan fingerprint density at radius 3 is 2.87 bits per heavy atom. The number of hydrogen-bond donors (Lipinski definition) is 0. The molecule has 120 valence electrons. The van der Waals surface area contributed by atoms with Crippen LogP contribution in [0.3, 0.4) is 0 Å². The van der Waals surface area contributed by atoms with Crippen LogP contribution in [0, 0.1) is 5.82 Å². The van der Waals surface area contributed by atoms with Crippen LogP contribution in [0.5, 0.6) is 0 Å². The van der Waals surface area contributed by atoms with Crippen molar-refractivity contribution in [2.45, 2.75) is 32.1 Å². The van der Waals surface area contributed by atoms with Gasteiger partial charge in [0.25, 0.3) is 5.91 Å². The first kappa shape index (κ1) is 15.6. The Kier molecular flexibility index (Phi) is 4.65. The Morgan fingerprint density at radius 2 is 2.13 bits per heavy atom. The first-order valence-corrected chi connectivity index (χ1v) is 8.02. The molecule has 3 rings (SSSR count). The van der Waals surface area contributed by atoms with Gasteiger partial charge in [-0.25, -0.2) is 14.4 Å². The van der Waals surface area contributed by atoms with Crippen LogP contribution in [0.4, 0.5) is 4.39 Å². The van der Waals surface area contributed by atoms with Crippen LogP contribution in [-0.2, 0) is 6.42 Å². The van der Waals surface area contributed by atoms with E-state index in [0.29, 0.717) is 18.7 Å². The lowest BCUT2D eigenvalue weighted by Gasteiger charge is -2.18. The highest BCUT2D eigenvalue weighted by molar-refractivity contribution is 5.95. The number of benzene rings is 1. The fraction of sp³-hybridized carbons (Fsp3) is 0.389. The van der Waals surface area contributed by atoms with Crippen molar-refractivity contribution >= 4 is 5.91 Å². The van der Waals surface area contributed by atoms with Crippen LogP contribution >= 0.6 is 0 Å². The van der Waals surface area contributed by atoms with Gasteiger partial charge in [0, 0.05) is 25.2 Å². The quantitative estimate of drug-likeness (QED) is 0.871. The topological polar surface area (TPSA) is 46.1 Å². The van der Waals surface area contributed by atoms with Gasteiger partial charge in [-0.2, -0.15) is 0 Å². The Balaban J connectivity index is 1.74. The Hall–Kier alpha value is -2.30. The predicted molar refractivity (Wildman–Crippen MR) is 85.7 cm³/mol.